The minimum absolute atomic E-state index is 0.0213. The molecule has 0 saturated carbocycles. The van der Waals surface area contributed by atoms with Crippen LogP contribution in [0.5, 0.6) is 0 Å². The van der Waals surface area contributed by atoms with Gasteiger partial charge in [-0.15, -0.1) is 0 Å². The van der Waals surface area contributed by atoms with E-state index in [9.17, 15) is 10.1 Å². The molecular weight excluding hydrogens is 352 g/mol. The highest BCUT2D eigenvalue weighted by Crippen LogP contribution is 2.18. The maximum absolute atomic E-state index is 12.4. The number of nitrogens with zero attached hydrogens (tertiary/aromatic N) is 5. The molecule has 2 aliphatic heterocycles. The van der Waals surface area contributed by atoms with Crippen LogP contribution in [0.1, 0.15) is 38.2 Å². The molecule has 1 N–H and O–H groups in total. The van der Waals surface area contributed by atoms with Gasteiger partial charge in [-0.2, -0.15) is 5.26 Å². The van der Waals surface area contributed by atoms with Gasteiger partial charge in [-0.05, 0) is 63.4 Å². The smallest absolute Gasteiger partial charge is 0.317 e. The van der Waals surface area contributed by atoms with Gasteiger partial charge in [-0.3, -0.25) is 0 Å². The molecule has 0 atom stereocenters. The van der Waals surface area contributed by atoms with Gasteiger partial charge in [0.05, 0.1) is 5.56 Å². The molecular formula is C21H32N6O. The van der Waals surface area contributed by atoms with Gasteiger partial charge >= 0.3 is 6.03 Å². The number of rotatable bonds is 6. The molecule has 2 aliphatic rings. The molecule has 0 radical (unpaired) electrons. The number of hydrogen-bond acceptors (Lipinski definition) is 5. The van der Waals surface area contributed by atoms with Crippen LogP contribution < -0.4 is 10.2 Å². The van der Waals surface area contributed by atoms with Crippen LogP contribution in [0.4, 0.5) is 10.6 Å². The number of likely N-dealkylation sites (tertiary alicyclic amines) is 1. The zero-order valence-corrected chi connectivity index (χ0v) is 16.9. The minimum atomic E-state index is 0.0213. The normalized spacial score (nSPS) is 18.7. The predicted octanol–water partition coefficient (Wildman–Crippen LogP) is 2.30. The van der Waals surface area contributed by atoms with Crippen molar-refractivity contribution < 1.29 is 4.79 Å². The summed E-state index contributed by atoms with van der Waals surface area (Å²) in [6.07, 6.45) is 6.50. The number of piperidine rings is 1. The Morgan fingerprint density at radius 1 is 1.21 bits per heavy atom. The van der Waals surface area contributed by atoms with E-state index in [0.29, 0.717) is 31.7 Å². The molecule has 28 heavy (non-hydrogen) atoms. The first-order valence-corrected chi connectivity index (χ1v) is 10.5. The van der Waals surface area contributed by atoms with E-state index >= 15 is 0 Å². The van der Waals surface area contributed by atoms with Crippen molar-refractivity contribution in [2.45, 2.75) is 32.6 Å². The van der Waals surface area contributed by atoms with Crippen LogP contribution in [0, 0.1) is 17.2 Å². The summed E-state index contributed by atoms with van der Waals surface area (Å²) in [4.78, 5) is 23.2. The lowest BCUT2D eigenvalue weighted by atomic mass is 9.99. The van der Waals surface area contributed by atoms with Gasteiger partial charge < -0.3 is 20.0 Å². The van der Waals surface area contributed by atoms with Crippen molar-refractivity contribution in [2.24, 2.45) is 5.92 Å². The van der Waals surface area contributed by atoms with Gasteiger partial charge in [-0.1, -0.05) is 6.92 Å². The number of urea groups is 1. The Labute approximate surface area is 168 Å². The largest absolute Gasteiger partial charge is 0.352 e. The molecule has 1 aromatic heterocycles. The Morgan fingerprint density at radius 2 is 1.96 bits per heavy atom. The van der Waals surface area contributed by atoms with Crippen LogP contribution in [0.3, 0.4) is 0 Å². The Bertz CT molecular complexity index is 672. The second-order valence-electron chi connectivity index (χ2n) is 7.92. The highest BCUT2D eigenvalue weighted by molar-refractivity contribution is 5.74. The Hall–Kier alpha value is -2.33. The second kappa shape index (κ2) is 10.3. The van der Waals surface area contributed by atoms with E-state index in [4.69, 9.17) is 0 Å². The standard InChI is InChI=1S/C21H32N6O/c1-18-6-11-25(12-7-18)10-3-2-8-24-21(28)27-15-13-26(14-16-27)20-19(17-22)5-4-9-23-20/h4-5,9,18H,2-3,6-8,10-16H2,1H3,(H,24,28). The average Bonchev–Trinajstić information content (AvgIpc) is 2.74. The second-order valence-corrected chi connectivity index (χ2v) is 7.92. The van der Waals surface area contributed by atoms with E-state index in [0.717, 1.165) is 37.7 Å². The van der Waals surface area contributed by atoms with Gasteiger partial charge in [-0.25, -0.2) is 9.78 Å². The van der Waals surface area contributed by atoms with Crippen molar-refractivity contribution in [3.63, 3.8) is 0 Å². The van der Waals surface area contributed by atoms with E-state index in [-0.39, 0.29) is 6.03 Å². The number of anilines is 1. The van der Waals surface area contributed by atoms with Gasteiger partial charge in [0.15, 0.2) is 0 Å². The zero-order valence-electron chi connectivity index (χ0n) is 16.9. The molecule has 2 saturated heterocycles. The lowest BCUT2D eigenvalue weighted by Gasteiger charge is -2.35. The lowest BCUT2D eigenvalue weighted by molar-refractivity contribution is 0.186. The fraction of sp³-hybridized carbons (Fsp3) is 0.667. The molecule has 0 unspecified atom stereocenters. The molecule has 7 heteroatoms. The molecule has 3 rings (SSSR count). The van der Waals surface area contributed by atoms with Gasteiger partial charge in [0, 0.05) is 38.9 Å². The maximum Gasteiger partial charge on any atom is 0.317 e. The van der Waals surface area contributed by atoms with Crippen molar-refractivity contribution in [1.82, 2.24) is 20.1 Å². The molecule has 2 amide bonds. The van der Waals surface area contributed by atoms with Crippen molar-refractivity contribution in [1.29, 1.82) is 5.26 Å². The Kier molecular flexibility index (Phi) is 7.49. The third kappa shape index (κ3) is 5.59. The summed E-state index contributed by atoms with van der Waals surface area (Å²) in [5.41, 5.74) is 0.587. The summed E-state index contributed by atoms with van der Waals surface area (Å²) in [5, 5.41) is 12.3. The number of aromatic nitrogens is 1. The Morgan fingerprint density at radius 3 is 2.68 bits per heavy atom. The number of carbonyl (C=O) groups excluding carboxylic acids is 1. The van der Waals surface area contributed by atoms with Crippen molar-refractivity contribution >= 4 is 11.8 Å². The number of piperazine rings is 1. The topological polar surface area (TPSA) is 75.5 Å². The summed E-state index contributed by atoms with van der Waals surface area (Å²) < 4.78 is 0. The van der Waals surface area contributed by atoms with Crippen LogP contribution in [-0.4, -0.2) is 73.2 Å². The fourth-order valence-electron chi connectivity index (χ4n) is 3.91. The van der Waals surface area contributed by atoms with Crippen LogP contribution >= 0.6 is 0 Å². The maximum atomic E-state index is 12.4. The molecule has 7 nitrogen and oxygen atoms in total. The molecule has 1 aromatic rings. The summed E-state index contributed by atoms with van der Waals surface area (Å²) in [7, 11) is 0. The molecule has 0 aromatic carbocycles. The van der Waals surface area contributed by atoms with Crippen molar-refractivity contribution in [2.75, 3.05) is 57.3 Å². The quantitative estimate of drug-likeness (QED) is 0.762. The fourth-order valence-corrected chi connectivity index (χ4v) is 3.91. The van der Waals surface area contributed by atoms with E-state index in [1.54, 1.807) is 18.3 Å². The first kappa shape index (κ1) is 20.4. The van der Waals surface area contributed by atoms with Crippen LogP contribution in [0.15, 0.2) is 18.3 Å². The van der Waals surface area contributed by atoms with Gasteiger partial charge in [0.1, 0.15) is 11.9 Å². The molecule has 0 spiro atoms. The number of pyridine rings is 1. The minimum Gasteiger partial charge on any atom is -0.352 e. The highest BCUT2D eigenvalue weighted by Gasteiger charge is 2.23. The zero-order chi connectivity index (χ0) is 19.8. The van der Waals surface area contributed by atoms with Gasteiger partial charge in [0.2, 0.25) is 0 Å². The lowest BCUT2D eigenvalue weighted by Crippen LogP contribution is -2.52. The van der Waals surface area contributed by atoms with E-state index in [1.807, 2.05) is 4.90 Å². The third-order valence-corrected chi connectivity index (χ3v) is 5.83. The summed E-state index contributed by atoms with van der Waals surface area (Å²) >= 11 is 0. The molecule has 3 heterocycles. The first-order valence-electron chi connectivity index (χ1n) is 10.5. The van der Waals surface area contributed by atoms with Crippen LogP contribution in [-0.2, 0) is 0 Å². The molecule has 0 bridgehead atoms. The highest BCUT2D eigenvalue weighted by atomic mass is 16.2. The SMILES string of the molecule is CC1CCN(CCCCNC(=O)N2CCN(c3ncccc3C#N)CC2)CC1. The monoisotopic (exact) mass is 384 g/mol. The summed E-state index contributed by atoms with van der Waals surface area (Å²) in [6, 6.07) is 5.77. The van der Waals surface area contributed by atoms with Crippen molar-refractivity contribution in [3.05, 3.63) is 23.9 Å². The van der Waals surface area contributed by atoms with E-state index in [1.165, 1.54) is 25.9 Å². The first-order chi connectivity index (χ1) is 13.7. The van der Waals surface area contributed by atoms with Crippen LogP contribution in [0.2, 0.25) is 0 Å². The summed E-state index contributed by atoms with van der Waals surface area (Å²) in [5.74, 6) is 1.59. The molecule has 2 fully saturated rings. The number of nitriles is 1. The number of unbranched alkanes of at least 4 members (excludes halogenated alkanes) is 1. The molecule has 152 valence electrons. The average molecular weight is 385 g/mol. The number of nitrogens with one attached hydrogen (secondary N) is 1. The van der Waals surface area contributed by atoms with Crippen molar-refractivity contribution in [3.8, 4) is 6.07 Å². The molecule has 0 aliphatic carbocycles. The third-order valence-electron chi connectivity index (χ3n) is 5.83. The number of carbonyl (C=O) groups is 1. The van der Waals surface area contributed by atoms with E-state index in [2.05, 4.69) is 33.1 Å². The summed E-state index contributed by atoms with van der Waals surface area (Å²) in [6.45, 7) is 9.38. The van der Waals surface area contributed by atoms with Crippen LogP contribution in [0.25, 0.3) is 0 Å². The van der Waals surface area contributed by atoms with Gasteiger partial charge in [0.25, 0.3) is 0 Å². The Balaban J connectivity index is 1.31. The van der Waals surface area contributed by atoms with E-state index < -0.39 is 0 Å². The number of hydrogen-bond donors (Lipinski definition) is 1. The predicted molar refractivity (Wildman–Crippen MR) is 110 cm³/mol. The number of amides is 2.